The highest BCUT2D eigenvalue weighted by Crippen LogP contribution is 2.31. The third-order valence-electron chi connectivity index (χ3n) is 2.48. The third kappa shape index (κ3) is 5.95. The SMILES string of the molecule is C=CCOc1ccc(O)cc1OC[C@H](O)CNC(C)C. The predicted molar refractivity (Wildman–Crippen MR) is 78.4 cm³/mol. The summed E-state index contributed by atoms with van der Waals surface area (Å²) in [5.41, 5.74) is 0. The molecule has 0 bridgehead atoms. The quantitative estimate of drug-likeness (QED) is 0.601. The topological polar surface area (TPSA) is 71.0 Å². The first-order chi connectivity index (χ1) is 9.52. The van der Waals surface area contributed by atoms with Crippen LogP contribution in [0.1, 0.15) is 13.8 Å². The van der Waals surface area contributed by atoms with Gasteiger partial charge in [-0.3, -0.25) is 0 Å². The molecule has 0 fully saturated rings. The molecular formula is C15H23NO4. The van der Waals surface area contributed by atoms with Crippen LogP contribution in [-0.4, -0.2) is 42.1 Å². The monoisotopic (exact) mass is 281 g/mol. The summed E-state index contributed by atoms with van der Waals surface area (Å²) in [6, 6.07) is 4.90. The van der Waals surface area contributed by atoms with Crippen LogP contribution in [0.4, 0.5) is 0 Å². The number of aromatic hydroxyl groups is 1. The molecule has 5 heteroatoms. The fourth-order valence-electron chi connectivity index (χ4n) is 1.49. The number of nitrogens with one attached hydrogen (secondary N) is 1. The number of hydrogen-bond donors (Lipinski definition) is 3. The van der Waals surface area contributed by atoms with Gasteiger partial charge in [0.2, 0.25) is 0 Å². The number of phenols is 1. The lowest BCUT2D eigenvalue weighted by molar-refractivity contribution is 0.102. The van der Waals surface area contributed by atoms with E-state index in [1.807, 2.05) is 13.8 Å². The fourth-order valence-corrected chi connectivity index (χ4v) is 1.49. The van der Waals surface area contributed by atoms with Crippen LogP contribution in [0.2, 0.25) is 0 Å². The van der Waals surface area contributed by atoms with E-state index in [9.17, 15) is 10.2 Å². The lowest BCUT2D eigenvalue weighted by atomic mass is 10.3. The molecule has 20 heavy (non-hydrogen) atoms. The first kappa shape index (κ1) is 16.3. The Morgan fingerprint density at radius 2 is 2.05 bits per heavy atom. The number of hydrogen-bond acceptors (Lipinski definition) is 5. The molecule has 0 saturated carbocycles. The van der Waals surface area contributed by atoms with E-state index in [2.05, 4.69) is 11.9 Å². The van der Waals surface area contributed by atoms with Gasteiger partial charge in [0.15, 0.2) is 11.5 Å². The zero-order valence-corrected chi connectivity index (χ0v) is 12.0. The Labute approximate surface area is 119 Å². The normalized spacial score (nSPS) is 12.2. The summed E-state index contributed by atoms with van der Waals surface area (Å²) in [6.45, 7) is 8.49. The van der Waals surface area contributed by atoms with Gasteiger partial charge < -0.3 is 25.0 Å². The van der Waals surface area contributed by atoms with E-state index in [1.54, 1.807) is 12.1 Å². The van der Waals surface area contributed by atoms with Crippen LogP contribution in [-0.2, 0) is 0 Å². The van der Waals surface area contributed by atoms with Crippen molar-refractivity contribution < 1.29 is 19.7 Å². The Bertz CT molecular complexity index is 420. The standard InChI is InChI=1S/C15H23NO4/c1-4-7-19-14-6-5-12(17)8-15(14)20-10-13(18)9-16-11(2)3/h4-6,8,11,13,16-18H,1,7,9-10H2,2-3H3/t13-/m1/s1. The molecule has 0 heterocycles. The molecule has 1 aromatic rings. The highest BCUT2D eigenvalue weighted by Gasteiger charge is 2.10. The highest BCUT2D eigenvalue weighted by molar-refractivity contribution is 5.45. The summed E-state index contributed by atoms with van der Waals surface area (Å²) in [4.78, 5) is 0. The minimum atomic E-state index is -0.632. The van der Waals surface area contributed by atoms with Gasteiger partial charge in [-0.05, 0) is 12.1 Å². The molecule has 0 aliphatic heterocycles. The Morgan fingerprint density at radius 1 is 1.30 bits per heavy atom. The predicted octanol–water partition coefficient (Wildman–Crippen LogP) is 1.69. The summed E-state index contributed by atoms with van der Waals surface area (Å²) >= 11 is 0. The van der Waals surface area contributed by atoms with E-state index in [0.717, 1.165) is 0 Å². The average molecular weight is 281 g/mol. The lowest BCUT2D eigenvalue weighted by Gasteiger charge is -2.16. The lowest BCUT2D eigenvalue weighted by Crippen LogP contribution is -2.35. The van der Waals surface area contributed by atoms with Gasteiger partial charge in [-0.15, -0.1) is 0 Å². The van der Waals surface area contributed by atoms with Crippen molar-refractivity contribution in [3.05, 3.63) is 30.9 Å². The fraction of sp³-hybridized carbons (Fsp3) is 0.467. The first-order valence-electron chi connectivity index (χ1n) is 6.64. The molecule has 1 aromatic carbocycles. The van der Waals surface area contributed by atoms with Gasteiger partial charge in [-0.2, -0.15) is 0 Å². The Kier molecular flexibility index (Phi) is 6.90. The van der Waals surface area contributed by atoms with Gasteiger partial charge in [-0.25, -0.2) is 0 Å². The van der Waals surface area contributed by atoms with Crippen LogP contribution < -0.4 is 14.8 Å². The molecular weight excluding hydrogens is 258 g/mol. The molecule has 0 saturated heterocycles. The van der Waals surface area contributed by atoms with Crippen molar-refractivity contribution in [2.24, 2.45) is 0 Å². The minimum Gasteiger partial charge on any atom is -0.508 e. The summed E-state index contributed by atoms with van der Waals surface area (Å²) in [6.07, 6.45) is 0.991. The van der Waals surface area contributed by atoms with E-state index < -0.39 is 6.10 Å². The van der Waals surface area contributed by atoms with Crippen LogP contribution in [0.3, 0.4) is 0 Å². The van der Waals surface area contributed by atoms with Gasteiger partial charge >= 0.3 is 0 Å². The molecule has 0 radical (unpaired) electrons. The maximum Gasteiger partial charge on any atom is 0.165 e. The van der Waals surface area contributed by atoms with Crippen molar-refractivity contribution in [1.82, 2.24) is 5.32 Å². The van der Waals surface area contributed by atoms with E-state index in [1.165, 1.54) is 12.1 Å². The smallest absolute Gasteiger partial charge is 0.165 e. The first-order valence-corrected chi connectivity index (χ1v) is 6.64. The molecule has 0 aliphatic rings. The molecule has 0 aliphatic carbocycles. The molecule has 0 aromatic heterocycles. The second-order valence-electron chi connectivity index (χ2n) is 4.76. The van der Waals surface area contributed by atoms with Gasteiger partial charge in [0, 0.05) is 18.7 Å². The van der Waals surface area contributed by atoms with Crippen molar-refractivity contribution in [3.63, 3.8) is 0 Å². The molecule has 0 spiro atoms. The minimum absolute atomic E-state index is 0.0840. The Hall–Kier alpha value is -1.72. The Balaban J connectivity index is 2.56. The van der Waals surface area contributed by atoms with Crippen molar-refractivity contribution in [3.8, 4) is 17.2 Å². The number of ether oxygens (including phenoxy) is 2. The molecule has 0 unspecified atom stereocenters. The number of benzene rings is 1. The van der Waals surface area contributed by atoms with Crippen LogP contribution in [0, 0.1) is 0 Å². The zero-order chi connectivity index (χ0) is 15.0. The van der Waals surface area contributed by atoms with Crippen LogP contribution >= 0.6 is 0 Å². The highest BCUT2D eigenvalue weighted by atomic mass is 16.5. The number of phenolic OH excluding ortho intramolecular Hbond substituents is 1. The summed E-state index contributed by atoms with van der Waals surface area (Å²) in [7, 11) is 0. The number of aliphatic hydroxyl groups is 1. The second kappa shape index (κ2) is 8.45. The average Bonchev–Trinajstić information content (AvgIpc) is 2.41. The van der Waals surface area contributed by atoms with E-state index >= 15 is 0 Å². The van der Waals surface area contributed by atoms with Crippen molar-refractivity contribution in [2.45, 2.75) is 26.0 Å². The molecule has 5 nitrogen and oxygen atoms in total. The van der Waals surface area contributed by atoms with Gasteiger partial charge in [0.05, 0.1) is 0 Å². The van der Waals surface area contributed by atoms with Crippen molar-refractivity contribution in [1.29, 1.82) is 0 Å². The van der Waals surface area contributed by atoms with E-state index in [-0.39, 0.29) is 12.4 Å². The summed E-state index contributed by atoms with van der Waals surface area (Å²) < 4.78 is 10.9. The number of aliphatic hydroxyl groups excluding tert-OH is 1. The molecule has 3 N–H and O–H groups in total. The maximum absolute atomic E-state index is 9.79. The summed E-state index contributed by atoms with van der Waals surface area (Å²) in [5, 5.41) is 22.4. The second-order valence-corrected chi connectivity index (χ2v) is 4.76. The molecule has 0 amide bonds. The largest absolute Gasteiger partial charge is 0.508 e. The van der Waals surface area contributed by atoms with E-state index in [0.29, 0.717) is 30.7 Å². The van der Waals surface area contributed by atoms with Crippen LogP contribution in [0.5, 0.6) is 17.2 Å². The third-order valence-corrected chi connectivity index (χ3v) is 2.48. The van der Waals surface area contributed by atoms with Gasteiger partial charge in [-0.1, -0.05) is 26.5 Å². The van der Waals surface area contributed by atoms with Crippen LogP contribution in [0.15, 0.2) is 30.9 Å². The zero-order valence-electron chi connectivity index (χ0n) is 12.0. The van der Waals surface area contributed by atoms with E-state index in [4.69, 9.17) is 9.47 Å². The number of rotatable bonds is 9. The van der Waals surface area contributed by atoms with Gasteiger partial charge in [0.1, 0.15) is 25.1 Å². The summed E-state index contributed by atoms with van der Waals surface area (Å²) in [5.74, 6) is 0.989. The molecule has 112 valence electrons. The van der Waals surface area contributed by atoms with Crippen LogP contribution in [0.25, 0.3) is 0 Å². The Morgan fingerprint density at radius 3 is 2.70 bits per heavy atom. The van der Waals surface area contributed by atoms with Gasteiger partial charge in [0.25, 0.3) is 0 Å². The maximum atomic E-state index is 9.79. The molecule has 1 rings (SSSR count). The van der Waals surface area contributed by atoms with Crippen molar-refractivity contribution >= 4 is 0 Å². The van der Waals surface area contributed by atoms with Crippen molar-refractivity contribution in [2.75, 3.05) is 19.8 Å². The molecule has 1 atom stereocenters.